The summed E-state index contributed by atoms with van der Waals surface area (Å²) in [5.74, 6) is 0. The first-order chi connectivity index (χ1) is 11.8. The van der Waals surface area contributed by atoms with Crippen molar-refractivity contribution in [2.75, 3.05) is 6.61 Å². The minimum atomic E-state index is 0.226. The standard InChI is InChI=1S/C23H46O/c1-3-5-7-9-11-13-15-17-19-23(21-22-24)20-18-16-14-12-10-8-6-4-2/h21,24H,3-20,22H2,1-2H3. The van der Waals surface area contributed by atoms with Gasteiger partial charge >= 0.3 is 0 Å². The summed E-state index contributed by atoms with van der Waals surface area (Å²) >= 11 is 0. The summed E-state index contributed by atoms with van der Waals surface area (Å²) in [4.78, 5) is 0. The highest BCUT2D eigenvalue weighted by atomic mass is 16.2. The van der Waals surface area contributed by atoms with Crippen LogP contribution in [0.1, 0.15) is 129 Å². The quantitative estimate of drug-likeness (QED) is 0.187. The van der Waals surface area contributed by atoms with Gasteiger partial charge in [0.15, 0.2) is 0 Å². The Morgan fingerprint density at radius 2 is 0.875 bits per heavy atom. The van der Waals surface area contributed by atoms with Gasteiger partial charge in [-0.05, 0) is 25.7 Å². The van der Waals surface area contributed by atoms with Crippen molar-refractivity contribution in [3.05, 3.63) is 11.6 Å². The second-order valence-corrected chi connectivity index (χ2v) is 7.49. The topological polar surface area (TPSA) is 20.2 Å². The Bertz CT molecular complexity index is 235. The van der Waals surface area contributed by atoms with E-state index >= 15 is 0 Å². The Morgan fingerprint density at radius 1 is 0.542 bits per heavy atom. The van der Waals surface area contributed by atoms with E-state index in [1.165, 1.54) is 121 Å². The molecule has 24 heavy (non-hydrogen) atoms. The molecule has 0 spiro atoms. The first-order valence-electron chi connectivity index (χ1n) is 11.1. The minimum Gasteiger partial charge on any atom is -0.392 e. The maximum absolute atomic E-state index is 9.21. The molecule has 0 heterocycles. The fourth-order valence-corrected chi connectivity index (χ4v) is 3.43. The average molecular weight is 339 g/mol. The molecule has 0 aliphatic heterocycles. The summed E-state index contributed by atoms with van der Waals surface area (Å²) in [6.07, 6.45) is 26.7. The van der Waals surface area contributed by atoms with Gasteiger partial charge in [0, 0.05) is 0 Å². The van der Waals surface area contributed by atoms with Crippen LogP contribution in [0.15, 0.2) is 11.6 Å². The normalized spacial score (nSPS) is 11.0. The van der Waals surface area contributed by atoms with E-state index in [2.05, 4.69) is 19.9 Å². The molecule has 1 heteroatoms. The van der Waals surface area contributed by atoms with E-state index in [1.54, 1.807) is 0 Å². The Labute approximate surface area is 153 Å². The molecule has 0 unspecified atom stereocenters. The van der Waals surface area contributed by atoms with Crippen LogP contribution >= 0.6 is 0 Å². The Balaban J connectivity index is 3.49. The van der Waals surface area contributed by atoms with Crippen molar-refractivity contribution in [3.8, 4) is 0 Å². The highest BCUT2D eigenvalue weighted by Gasteiger charge is 1.99. The van der Waals surface area contributed by atoms with E-state index in [0.717, 1.165) is 0 Å². The smallest absolute Gasteiger partial charge is 0.0615 e. The van der Waals surface area contributed by atoms with Gasteiger partial charge in [-0.3, -0.25) is 0 Å². The highest BCUT2D eigenvalue weighted by Crippen LogP contribution is 2.18. The maximum Gasteiger partial charge on any atom is 0.0615 e. The van der Waals surface area contributed by atoms with Crippen LogP contribution in [-0.4, -0.2) is 11.7 Å². The van der Waals surface area contributed by atoms with Crippen molar-refractivity contribution < 1.29 is 5.11 Å². The molecule has 0 aliphatic rings. The molecule has 0 atom stereocenters. The fraction of sp³-hybridized carbons (Fsp3) is 0.913. The van der Waals surface area contributed by atoms with Crippen molar-refractivity contribution in [1.29, 1.82) is 0 Å². The Morgan fingerprint density at radius 3 is 1.21 bits per heavy atom. The van der Waals surface area contributed by atoms with Gasteiger partial charge in [0.05, 0.1) is 6.61 Å². The number of hydrogen-bond donors (Lipinski definition) is 1. The maximum atomic E-state index is 9.21. The number of rotatable bonds is 19. The van der Waals surface area contributed by atoms with Gasteiger partial charge in [-0.2, -0.15) is 0 Å². The van der Waals surface area contributed by atoms with Crippen molar-refractivity contribution in [2.24, 2.45) is 0 Å². The predicted molar refractivity (Wildman–Crippen MR) is 110 cm³/mol. The fourth-order valence-electron chi connectivity index (χ4n) is 3.43. The van der Waals surface area contributed by atoms with Crippen molar-refractivity contribution in [1.82, 2.24) is 0 Å². The SMILES string of the molecule is CCCCCCCCCCC(=CCO)CCCCCCCCCC. The molecule has 0 aromatic rings. The molecule has 0 aromatic heterocycles. The summed E-state index contributed by atoms with van der Waals surface area (Å²) in [5.41, 5.74) is 1.51. The molecule has 0 bridgehead atoms. The third kappa shape index (κ3) is 18.0. The number of hydrogen-bond acceptors (Lipinski definition) is 1. The molecule has 0 radical (unpaired) electrons. The molecule has 0 saturated heterocycles. The summed E-state index contributed by atoms with van der Waals surface area (Å²) < 4.78 is 0. The first kappa shape index (κ1) is 23.7. The average Bonchev–Trinajstić information content (AvgIpc) is 2.59. The highest BCUT2D eigenvalue weighted by molar-refractivity contribution is 5.01. The van der Waals surface area contributed by atoms with E-state index in [9.17, 15) is 5.11 Å². The van der Waals surface area contributed by atoms with Gasteiger partial charge < -0.3 is 5.11 Å². The van der Waals surface area contributed by atoms with E-state index < -0.39 is 0 Å². The van der Waals surface area contributed by atoms with Gasteiger partial charge in [-0.15, -0.1) is 0 Å². The monoisotopic (exact) mass is 338 g/mol. The number of aliphatic hydroxyl groups excluding tert-OH is 1. The molecule has 0 rings (SSSR count). The summed E-state index contributed by atoms with van der Waals surface area (Å²) in [6, 6.07) is 0. The number of aliphatic hydroxyl groups is 1. The number of unbranched alkanes of at least 4 members (excludes halogenated alkanes) is 14. The van der Waals surface area contributed by atoms with Crippen LogP contribution in [0.4, 0.5) is 0 Å². The zero-order valence-corrected chi connectivity index (χ0v) is 17.0. The number of allylic oxidation sites excluding steroid dienone is 1. The van der Waals surface area contributed by atoms with Crippen molar-refractivity contribution >= 4 is 0 Å². The lowest BCUT2D eigenvalue weighted by Gasteiger charge is -2.08. The third-order valence-electron chi connectivity index (χ3n) is 5.08. The lowest BCUT2D eigenvalue weighted by Crippen LogP contribution is -1.90. The molecule has 0 aliphatic carbocycles. The second kappa shape index (κ2) is 20.7. The minimum absolute atomic E-state index is 0.226. The lowest BCUT2D eigenvalue weighted by molar-refractivity contribution is 0.340. The van der Waals surface area contributed by atoms with E-state index in [0.29, 0.717) is 0 Å². The molecule has 0 aromatic carbocycles. The van der Waals surface area contributed by atoms with Crippen LogP contribution in [0.5, 0.6) is 0 Å². The van der Waals surface area contributed by atoms with Gasteiger partial charge in [0.2, 0.25) is 0 Å². The summed E-state index contributed by atoms with van der Waals surface area (Å²) in [5, 5.41) is 9.21. The molecule has 0 fully saturated rings. The largest absolute Gasteiger partial charge is 0.392 e. The van der Waals surface area contributed by atoms with Crippen LogP contribution in [-0.2, 0) is 0 Å². The van der Waals surface area contributed by atoms with Gasteiger partial charge in [-0.1, -0.05) is 115 Å². The van der Waals surface area contributed by atoms with Crippen molar-refractivity contribution in [3.63, 3.8) is 0 Å². The summed E-state index contributed by atoms with van der Waals surface area (Å²) in [6.45, 7) is 4.78. The second-order valence-electron chi connectivity index (χ2n) is 7.49. The first-order valence-corrected chi connectivity index (χ1v) is 11.1. The van der Waals surface area contributed by atoms with E-state index in [4.69, 9.17) is 0 Å². The molecular weight excluding hydrogens is 292 g/mol. The van der Waals surface area contributed by atoms with E-state index in [1.807, 2.05) is 0 Å². The van der Waals surface area contributed by atoms with Crippen LogP contribution in [0, 0.1) is 0 Å². The van der Waals surface area contributed by atoms with Crippen LogP contribution < -0.4 is 0 Å². The Kier molecular flexibility index (Phi) is 20.5. The van der Waals surface area contributed by atoms with Crippen LogP contribution in [0.25, 0.3) is 0 Å². The molecule has 144 valence electrons. The summed E-state index contributed by atoms with van der Waals surface area (Å²) in [7, 11) is 0. The molecule has 0 amide bonds. The molecule has 1 nitrogen and oxygen atoms in total. The van der Waals surface area contributed by atoms with Crippen LogP contribution in [0.3, 0.4) is 0 Å². The van der Waals surface area contributed by atoms with Gasteiger partial charge in [0.25, 0.3) is 0 Å². The Hall–Kier alpha value is -0.300. The van der Waals surface area contributed by atoms with Gasteiger partial charge in [0.1, 0.15) is 0 Å². The molecule has 1 N–H and O–H groups in total. The van der Waals surface area contributed by atoms with Crippen molar-refractivity contribution in [2.45, 2.75) is 129 Å². The molecular formula is C23H46O. The van der Waals surface area contributed by atoms with E-state index in [-0.39, 0.29) is 6.61 Å². The van der Waals surface area contributed by atoms with Crippen LogP contribution in [0.2, 0.25) is 0 Å². The zero-order chi connectivity index (χ0) is 17.7. The predicted octanol–water partition coefficient (Wildman–Crippen LogP) is 7.97. The van der Waals surface area contributed by atoms with Gasteiger partial charge in [-0.25, -0.2) is 0 Å². The lowest BCUT2D eigenvalue weighted by atomic mass is 9.99. The molecule has 0 saturated carbocycles. The zero-order valence-electron chi connectivity index (χ0n) is 17.0. The third-order valence-corrected chi connectivity index (χ3v) is 5.08.